The van der Waals surface area contributed by atoms with Crippen molar-refractivity contribution in [1.82, 2.24) is 9.80 Å². The fourth-order valence-electron chi connectivity index (χ4n) is 2.52. The maximum Gasteiger partial charge on any atom is 0.326 e. The third-order valence-corrected chi connectivity index (χ3v) is 4.00. The summed E-state index contributed by atoms with van der Waals surface area (Å²) >= 11 is 0. The van der Waals surface area contributed by atoms with Gasteiger partial charge in [0, 0.05) is 19.6 Å². The van der Waals surface area contributed by atoms with E-state index in [4.69, 9.17) is 5.11 Å². The molecule has 17 heavy (non-hydrogen) atoms. The van der Waals surface area contributed by atoms with Crippen LogP contribution in [0.4, 0.5) is 4.79 Å². The molecular weight excluding hydrogens is 220 g/mol. The van der Waals surface area contributed by atoms with Crippen molar-refractivity contribution in [2.45, 2.75) is 44.7 Å². The van der Waals surface area contributed by atoms with Crippen LogP contribution in [-0.2, 0) is 4.79 Å². The summed E-state index contributed by atoms with van der Waals surface area (Å²) in [5.74, 6) is -0.279. The summed E-state index contributed by atoms with van der Waals surface area (Å²) in [5, 5.41) is 9.06. The van der Waals surface area contributed by atoms with Crippen molar-refractivity contribution in [3.63, 3.8) is 0 Å². The zero-order valence-corrected chi connectivity index (χ0v) is 10.4. The van der Waals surface area contributed by atoms with Crippen molar-refractivity contribution in [3.05, 3.63) is 0 Å². The van der Waals surface area contributed by atoms with Crippen molar-refractivity contribution in [3.8, 4) is 0 Å². The molecule has 1 unspecified atom stereocenters. The number of carbonyl (C=O) groups is 2. The van der Waals surface area contributed by atoms with Gasteiger partial charge in [-0.25, -0.2) is 9.59 Å². The lowest BCUT2D eigenvalue weighted by Gasteiger charge is -2.31. The van der Waals surface area contributed by atoms with Crippen LogP contribution in [0.2, 0.25) is 0 Å². The molecule has 0 aromatic rings. The molecule has 0 radical (unpaired) electrons. The molecule has 1 heterocycles. The molecule has 2 aliphatic rings. The number of rotatable bonds is 3. The lowest BCUT2D eigenvalue weighted by Crippen LogP contribution is -2.49. The molecule has 2 rings (SSSR count). The van der Waals surface area contributed by atoms with E-state index in [9.17, 15) is 9.59 Å². The topological polar surface area (TPSA) is 60.9 Å². The average Bonchev–Trinajstić information content (AvgIpc) is 3.02. The van der Waals surface area contributed by atoms with Crippen LogP contribution in [0, 0.1) is 5.92 Å². The van der Waals surface area contributed by atoms with Gasteiger partial charge in [-0.05, 0) is 38.5 Å². The Kier molecular flexibility index (Phi) is 3.26. The van der Waals surface area contributed by atoms with E-state index in [1.807, 2.05) is 6.92 Å². The van der Waals surface area contributed by atoms with Gasteiger partial charge in [0.25, 0.3) is 0 Å². The minimum atomic E-state index is -0.886. The molecule has 2 atom stereocenters. The highest BCUT2D eigenvalue weighted by molar-refractivity contribution is 5.83. The zero-order chi connectivity index (χ0) is 12.6. The Labute approximate surface area is 101 Å². The van der Waals surface area contributed by atoms with Crippen molar-refractivity contribution in [2.24, 2.45) is 5.92 Å². The minimum Gasteiger partial charge on any atom is -0.480 e. The average molecular weight is 240 g/mol. The summed E-state index contributed by atoms with van der Waals surface area (Å²) in [5.41, 5.74) is 0. The van der Waals surface area contributed by atoms with Gasteiger partial charge in [0.05, 0.1) is 0 Å². The summed E-state index contributed by atoms with van der Waals surface area (Å²) in [6.45, 7) is 2.61. The molecule has 2 amide bonds. The smallest absolute Gasteiger partial charge is 0.326 e. The summed E-state index contributed by atoms with van der Waals surface area (Å²) in [6, 6.07) is -0.539. The molecule has 1 aliphatic heterocycles. The van der Waals surface area contributed by atoms with E-state index in [1.165, 1.54) is 17.7 Å². The predicted molar refractivity (Wildman–Crippen MR) is 62.7 cm³/mol. The number of amides is 2. The molecular formula is C12H20N2O3. The van der Waals surface area contributed by atoms with Gasteiger partial charge in [-0.3, -0.25) is 0 Å². The highest BCUT2D eigenvalue weighted by Crippen LogP contribution is 2.35. The zero-order valence-electron chi connectivity index (χ0n) is 10.4. The molecule has 0 aromatic heterocycles. The monoisotopic (exact) mass is 240 g/mol. The standard InChI is InChI=1S/C12H20N2O3/c1-8(9-5-6-9)13(2)12(17)14-7-3-4-10(14)11(15)16/h8-10H,3-7H2,1-2H3,(H,15,16)/t8?,10-/m1/s1. The van der Waals surface area contributed by atoms with Gasteiger partial charge in [-0.15, -0.1) is 0 Å². The number of aliphatic carboxylic acids is 1. The first-order valence-corrected chi connectivity index (χ1v) is 6.28. The highest BCUT2D eigenvalue weighted by atomic mass is 16.4. The Hall–Kier alpha value is -1.26. The lowest BCUT2D eigenvalue weighted by molar-refractivity contribution is -0.141. The fraction of sp³-hybridized carbons (Fsp3) is 0.833. The van der Waals surface area contributed by atoms with Crippen molar-refractivity contribution >= 4 is 12.0 Å². The molecule has 2 fully saturated rings. The second kappa shape index (κ2) is 4.55. The molecule has 0 bridgehead atoms. The summed E-state index contributed by atoms with van der Waals surface area (Å²) in [6.07, 6.45) is 3.73. The summed E-state index contributed by atoms with van der Waals surface area (Å²) < 4.78 is 0. The van der Waals surface area contributed by atoms with Crippen molar-refractivity contribution < 1.29 is 14.7 Å². The van der Waals surface area contributed by atoms with E-state index in [-0.39, 0.29) is 12.1 Å². The van der Waals surface area contributed by atoms with Crippen LogP contribution in [0.15, 0.2) is 0 Å². The second-order valence-corrected chi connectivity index (χ2v) is 5.16. The number of carboxylic acids is 1. The Bertz CT molecular complexity index is 328. The number of hydrogen-bond acceptors (Lipinski definition) is 2. The minimum absolute atomic E-state index is 0.130. The van der Waals surface area contributed by atoms with Gasteiger partial charge in [0.1, 0.15) is 6.04 Å². The first-order valence-electron chi connectivity index (χ1n) is 6.28. The van der Waals surface area contributed by atoms with E-state index < -0.39 is 12.0 Å². The van der Waals surface area contributed by atoms with Gasteiger partial charge < -0.3 is 14.9 Å². The van der Waals surface area contributed by atoms with Crippen LogP contribution < -0.4 is 0 Å². The van der Waals surface area contributed by atoms with E-state index >= 15 is 0 Å². The quantitative estimate of drug-likeness (QED) is 0.810. The number of carbonyl (C=O) groups excluding carboxylic acids is 1. The highest BCUT2D eigenvalue weighted by Gasteiger charge is 2.39. The van der Waals surface area contributed by atoms with E-state index in [0.29, 0.717) is 18.9 Å². The first-order chi connectivity index (χ1) is 8.02. The number of hydrogen-bond donors (Lipinski definition) is 1. The molecule has 5 nitrogen and oxygen atoms in total. The van der Waals surface area contributed by atoms with Crippen molar-refractivity contribution in [1.29, 1.82) is 0 Å². The van der Waals surface area contributed by atoms with Gasteiger partial charge in [-0.1, -0.05) is 0 Å². The molecule has 1 N–H and O–H groups in total. The van der Waals surface area contributed by atoms with E-state index in [1.54, 1.807) is 11.9 Å². The SMILES string of the molecule is CC(C1CC1)N(C)C(=O)N1CCC[C@@H]1C(=O)O. The fourth-order valence-corrected chi connectivity index (χ4v) is 2.52. The Morgan fingerprint density at radius 1 is 1.35 bits per heavy atom. The molecule has 0 aromatic carbocycles. The Balaban J connectivity index is 2.00. The summed E-state index contributed by atoms with van der Waals surface area (Å²) in [4.78, 5) is 26.5. The second-order valence-electron chi connectivity index (χ2n) is 5.16. The Morgan fingerprint density at radius 3 is 2.53 bits per heavy atom. The number of carboxylic acid groups (broad SMARTS) is 1. The van der Waals surface area contributed by atoms with Crippen LogP contribution in [-0.4, -0.2) is 52.6 Å². The Morgan fingerprint density at radius 2 is 2.00 bits per heavy atom. The van der Waals surface area contributed by atoms with Crippen LogP contribution in [0.1, 0.15) is 32.6 Å². The maximum atomic E-state index is 12.2. The largest absolute Gasteiger partial charge is 0.480 e. The molecule has 5 heteroatoms. The summed E-state index contributed by atoms with van der Waals surface area (Å²) in [7, 11) is 1.78. The van der Waals surface area contributed by atoms with Gasteiger partial charge in [0.15, 0.2) is 0 Å². The van der Waals surface area contributed by atoms with Crippen LogP contribution in [0.5, 0.6) is 0 Å². The van der Waals surface area contributed by atoms with Crippen LogP contribution >= 0.6 is 0 Å². The van der Waals surface area contributed by atoms with Crippen LogP contribution in [0.3, 0.4) is 0 Å². The predicted octanol–water partition coefficient (Wildman–Crippen LogP) is 1.39. The number of nitrogens with zero attached hydrogens (tertiary/aromatic N) is 2. The number of urea groups is 1. The van der Waals surface area contributed by atoms with Crippen molar-refractivity contribution in [2.75, 3.05) is 13.6 Å². The van der Waals surface area contributed by atoms with Gasteiger partial charge in [0.2, 0.25) is 0 Å². The molecule has 1 saturated carbocycles. The molecule has 96 valence electrons. The van der Waals surface area contributed by atoms with E-state index in [2.05, 4.69) is 0 Å². The third kappa shape index (κ3) is 2.37. The first kappa shape index (κ1) is 12.2. The molecule has 1 aliphatic carbocycles. The number of likely N-dealkylation sites (tertiary alicyclic amines) is 1. The molecule has 1 saturated heterocycles. The van der Waals surface area contributed by atoms with Gasteiger partial charge >= 0.3 is 12.0 Å². The maximum absolute atomic E-state index is 12.2. The van der Waals surface area contributed by atoms with Gasteiger partial charge in [-0.2, -0.15) is 0 Å². The molecule has 0 spiro atoms. The van der Waals surface area contributed by atoms with Crippen LogP contribution in [0.25, 0.3) is 0 Å². The normalized spacial score (nSPS) is 25.8. The lowest BCUT2D eigenvalue weighted by atomic mass is 10.2. The third-order valence-electron chi connectivity index (χ3n) is 4.00. The van der Waals surface area contributed by atoms with E-state index in [0.717, 1.165) is 6.42 Å².